The molecule has 1 aliphatic heterocycles. The lowest BCUT2D eigenvalue weighted by Gasteiger charge is -2.19. The average Bonchev–Trinajstić information content (AvgIpc) is 2.88. The number of rotatable bonds is 5. The Bertz CT molecular complexity index is 770. The molecule has 2 aliphatic rings. The fourth-order valence-electron chi connectivity index (χ4n) is 3.63. The van der Waals surface area contributed by atoms with E-state index >= 15 is 0 Å². The summed E-state index contributed by atoms with van der Waals surface area (Å²) in [6.07, 6.45) is 3.23. The summed E-state index contributed by atoms with van der Waals surface area (Å²) in [4.78, 5) is 49.6. The van der Waals surface area contributed by atoms with Gasteiger partial charge in [0.25, 0.3) is 5.91 Å². The van der Waals surface area contributed by atoms with Crippen molar-refractivity contribution in [3.05, 3.63) is 28.2 Å². The van der Waals surface area contributed by atoms with E-state index in [-0.39, 0.29) is 23.7 Å². The molecule has 1 heterocycles. The van der Waals surface area contributed by atoms with Crippen LogP contribution in [0.25, 0.3) is 0 Å². The number of amides is 3. The number of imide groups is 1. The van der Waals surface area contributed by atoms with Gasteiger partial charge in [-0.3, -0.25) is 24.1 Å². The largest absolute Gasteiger partial charge is 0.454 e. The molecule has 1 aromatic rings. The highest BCUT2D eigenvalue weighted by Crippen LogP contribution is 2.37. The Hall–Kier alpha value is -2.22. The summed E-state index contributed by atoms with van der Waals surface area (Å²) in [6, 6.07) is 5.31. The number of carbonyl (C=O) groups excluding carboxylic acids is 4. The third-order valence-corrected chi connectivity index (χ3v) is 5.92. The molecule has 2 fully saturated rings. The predicted octanol–water partition coefficient (Wildman–Crippen LogP) is 2.41. The summed E-state index contributed by atoms with van der Waals surface area (Å²) < 4.78 is 5.86. The highest BCUT2D eigenvalue weighted by molar-refractivity contribution is 9.10. The Morgan fingerprint density at radius 3 is 2.41 bits per heavy atom. The lowest BCUT2D eigenvalue weighted by Crippen LogP contribution is -2.37. The number of esters is 1. The van der Waals surface area contributed by atoms with Crippen LogP contribution in [-0.2, 0) is 23.9 Å². The first-order valence-electron chi connectivity index (χ1n) is 8.93. The number of likely N-dealkylation sites (tertiary alicyclic amines) is 1. The van der Waals surface area contributed by atoms with Crippen molar-refractivity contribution in [2.45, 2.75) is 32.6 Å². The molecule has 1 saturated heterocycles. The summed E-state index contributed by atoms with van der Waals surface area (Å²) >= 11 is 3.38. The van der Waals surface area contributed by atoms with Crippen molar-refractivity contribution < 1.29 is 23.9 Å². The number of anilines is 1. The van der Waals surface area contributed by atoms with Gasteiger partial charge in [-0.05, 0) is 43.5 Å². The minimum Gasteiger partial charge on any atom is -0.454 e. The number of aryl methyl sites for hydroxylation is 1. The molecule has 0 aromatic heterocycles. The molecule has 3 amide bonds. The molecule has 0 radical (unpaired) electrons. The minimum atomic E-state index is -0.766. The predicted molar refractivity (Wildman–Crippen MR) is 101 cm³/mol. The third-order valence-electron chi connectivity index (χ3n) is 5.03. The highest BCUT2D eigenvalue weighted by atomic mass is 79.9. The van der Waals surface area contributed by atoms with Gasteiger partial charge in [0.2, 0.25) is 11.8 Å². The summed E-state index contributed by atoms with van der Waals surface area (Å²) in [6.45, 7) is 0.980. The Morgan fingerprint density at radius 2 is 1.81 bits per heavy atom. The van der Waals surface area contributed by atoms with Crippen molar-refractivity contribution in [1.82, 2.24) is 4.90 Å². The fraction of sp³-hybridized carbons (Fsp3) is 0.474. The number of halogens is 1. The number of hydrogen-bond acceptors (Lipinski definition) is 5. The summed E-state index contributed by atoms with van der Waals surface area (Å²) in [5.74, 6) is -2.45. The summed E-state index contributed by atoms with van der Waals surface area (Å²) in [5, 5.41) is 2.63. The number of fused-ring (bicyclic) bond motifs is 1. The Labute approximate surface area is 165 Å². The number of nitrogens with zero attached hydrogens (tertiary/aromatic N) is 1. The van der Waals surface area contributed by atoms with E-state index < -0.39 is 25.0 Å². The van der Waals surface area contributed by atoms with E-state index in [1.807, 2.05) is 6.92 Å². The molecule has 1 saturated carbocycles. The van der Waals surface area contributed by atoms with E-state index in [0.717, 1.165) is 27.8 Å². The van der Waals surface area contributed by atoms with E-state index in [1.54, 1.807) is 18.2 Å². The number of nitrogens with one attached hydrogen (secondary N) is 1. The summed E-state index contributed by atoms with van der Waals surface area (Å²) in [5.41, 5.74) is 1.54. The maximum atomic E-state index is 12.3. The quantitative estimate of drug-likeness (QED) is 0.564. The van der Waals surface area contributed by atoms with Crippen molar-refractivity contribution in [3.8, 4) is 0 Å². The highest BCUT2D eigenvalue weighted by Gasteiger charge is 2.48. The monoisotopic (exact) mass is 436 g/mol. The molecule has 0 bridgehead atoms. The fourth-order valence-corrected chi connectivity index (χ4v) is 3.87. The van der Waals surface area contributed by atoms with Gasteiger partial charge in [0, 0.05) is 10.2 Å². The van der Waals surface area contributed by atoms with Crippen molar-refractivity contribution in [2.75, 3.05) is 18.5 Å². The van der Waals surface area contributed by atoms with Crippen molar-refractivity contribution in [3.63, 3.8) is 0 Å². The van der Waals surface area contributed by atoms with Gasteiger partial charge >= 0.3 is 5.97 Å². The summed E-state index contributed by atoms with van der Waals surface area (Å²) in [7, 11) is 0. The molecule has 0 unspecified atom stereocenters. The van der Waals surface area contributed by atoms with Crippen molar-refractivity contribution in [2.24, 2.45) is 11.8 Å². The molecular formula is C19H21BrN2O5. The maximum absolute atomic E-state index is 12.3. The lowest BCUT2D eigenvalue weighted by molar-refractivity contribution is -0.154. The second kappa shape index (κ2) is 8.21. The number of hydrogen-bond donors (Lipinski definition) is 1. The molecule has 1 aliphatic carbocycles. The first-order valence-corrected chi connectivity index (χ1v) is 9.73. The molecule has 0 spiro atoms. The van der Waals surface area contributed by atoms with E-state index in [2.05, 4.69) is 21.2 Å². The van der Waals surface area contributed by atoms with Crippen LogP contribution >= 0.6 is 15.9 Å². The number of ether oxygens (including phenoxy) is 1. The zero-order valence-electron chi connectivity index (χ0n) is 15.0. The maximum Gasteiger partial charge on any atom is 0.326 e. The Balaban J connectivity index is 1.49. The molecule has 27 heavy (non-hydrogen) atoms. The first-order chi connectivity index (χ1) is 12.9. The van der Waals surface area contributed by atoms with Crippen molar-refractivity contribution in [1.29, 1.82) is 0 Å². The third kappa shape index (κ3) is 4.37. The van der Waals surface area contributed by atoms with Gasteiger partial charge in [-0.25, -0.2) is 0 Å². The molecule has 144 valence electrons. The lowest BCUT2D eigenvalue weighted by atomic mass is 9.81. The van der Waals surface area contributed by atoms with Crippen LogP contribution < -0.4 is 5.32 Å². The van der Waals surface area contributed by atoms with Crippen LogP contribution in [0.5, 0.6) is 0 Å². The molecule has 1 N–H and O–H groups in total. The van der Waals surface area contributed by atoms with Crippen LogP contribution in [-0.4, -0.2) is 41.7 Å². The van der Waals surface area contributed by atoms with Gasteiger partial charge < -0.3 is 10.1 Å². The second-order valence-corrected chi connectivity index (χ2v) is 7.79. The molecule has 2 atom stereocenters. The zero-order chi connectivity index (χ0) is 19.6. The van der Waals surface area contributed by atoms with E-state index in [0.29, 0.717) is 18.5 Å². The molecule has 3 rings (SSSR count). The normalized spacial score (nSPS) is 21.8. The van der Waals surface area contributed by atoms with Crippen LogP contribution in [0.4, 0.5) is 5.69 Å². The van der Waals surface area contributed by atoms with Gasteiger partial charge in [0.05, 0.1) is 11.8 Å². The number of benzene rings is 1. The average molecular weight is 437 g/mol. The van der Waals surface area contributed by atoms with Gasteiger partial charge in [-0.2, -0.15) is 0 Å². The standard InChI is InChI=1S/C19H21BrN2O5/c1-11-8-12(6-7-15(11)20)21-16(23)10-27-17(24)9-22-18(25)13-4-2-3-5-14(13)19(22)26/h6-8,13-14H,2-5,9-10H2,1H3,(H,21,23)/t13-,14-/m1/s1. The van der Waals surface area contributed by atoms with Gasteiger partial charge in [0.1, 0.15) is 6.54 Å². The molecule has 7 nitrogen and oxygen atoms in total. The molecule has 1 aromatic carbocycles. The van der Waals surface area contributed by atoms with E-state index in [1.165, 1.54) is 0 Å². The smallest absolute Gasteiger partial charge is 0.326 e. The van der Waals surface area contributed by atoms with Gasteiger partial charge in [0.15, 0.2) is 6.61 Å². The van der Waals surface area contributed by atoms with Crippen LogP contribution in [0.1, 0.15) is 31.2 Å². The van der Waals surface area contributed by atoms with E-state index in [9.17, 15) is 19.2 Å². The zero-order valence-corrected chi connectivity index (χ0v) is 16.6. The van der Waals surface area contributed by atoms with Gasteiger partial charge in [-0.15, -0.1) is 0 Å². The Morgan fingerprint density at radius 1 is 1.19 bits per heavy atom. The van der Waals surface area contributed by atoms with Crippen LogP contribution in [0.15, 0.2) is 22.7 Å². The molecule has 8 heteroatoms. The van der Waals surface area contributed by atoms with Gasteiger partial charge in [-0.1, -0.05) is 28.8 Å². The Kier molecular flexibility index (Phi) is 5.94. The second-order valence-electron chi connectivity index (χ2n) is 6.93. The number of carbonyl (C=O) groups is 4. The first kappa shape index (κ1) is 19.5. The van der Waals surface area contributed by atoms with Crippen LogP contribution in [0, 0.1) is 18.8 Å². The minimum absolute atomic E-state index is 0.295. The SMILES string of the molecule is Cc1cc(NC(=O)COC(=O)CN2C(=O)[C@@H]3CCCC[C@H]3C2=O)ccc1Br. The van der Waals surface area contributed by atoms with Crippen LogP contribution in [0.2, 0.25) is 0 Å². The molecular weight excluding hydrogens is 416 g/mol. The van der Waals surface area contributed by atoms with Crippen LogP contribution in [0.3, 0.4) is 0 Å². The van der Waals surface area contributed by atoms with Crippen molar-refractivity contribution >= 4 is 45.3 Å². The topological polar surface area (TPSA) is 92.8 Å². The van der Waals surface area contributed by atoms with E-state index in [4.69, 9.17) is 4.74 Å².